The molecule has 2 aromatic carbocycles. The van der Waals surface area contributed by atoms with Crippen LogP contribution in [0.4, 0.5) is 37.7 Å². The second kappa shape index (κ2) is 20.7. The number of carbonyl (C=O) groups is 4. The topological polar surface area (TPSA) is 195 Å². The first-order chi connectivity index (χ1) is 32.5. The van der Waals surface area contributed by atoms with E-state index in [4.69, 9.17) is 46.4 Å². The third-order valence-electron chi connectivity index (χ3n) is 9.99. The van der Waals surface area contributed by atoms with Crippen LogP contribution in [0.1, 0.15) is 64.2 Å². The number of nitrogens with zero attached hydrogens (tertiary/aromatic N) is 6. The van der Waals surface area contributed by atoms with Gasteiger partial charge in [-0.15, -0.1) is 0 Å². The summed E-state index contributed by atoms with van der Waals surface area (Å²) in [4.78, 5) is 60.0. The molecule has 69 heavy (non-hydrogen) atoms. The summed E-state index contributed by atoms with van der Waals surface area (Å²) >= 11 is 26.1. The smallest absolute Gasteiger partial charge is 0.348 e. The van der Waals surface area contributed by atoms with Crippen molar-refractivity contribution in [2.24, 2.45) is 0 Å². The van der Waals surface area contributed by atoms with Gasteiger partial charge in [-0.05, 0) is 73.5 Å². The lowest BCUT2D eigenvalue weighted by Gasteiger charge is -2.26. The van der Waals surface area contributed by atoms with Crippen LogP contribution in [0.5, 0.6) is 0 Å². The van der Waals surface area contributed by atoms with Gasteiger partial charge in [0, 0.05) is 74.4 Å². The number of rotatable bonds is 10. The molecular formula is C42H32Cl4F6N10O5S2. The van der Waals surface area contributed by atoms with Crippen LogP contribution in [0, 0.1) is 13.8 Å². The van der Waals surface area contributed by atoms with Gasteiger partial charge in [-0.25, -0.2) is 19.3 Å². The van der Waals surface area contributed by atoms with E-state index in [2.05, 4.69) is 41.4 Å². The SMILES string of the molecule is Cc1cc(Cl)cc(C(=O)NC2CS(=O)C2)c1NC(=O)c1cc(C(F)(F)F)nn1-c1ncccc1Cl.Cc1cc(Cl)cc(C(=O)NC2CSC2)c1NC(=O)c1cc(C(F)(F)F)nn1-c1ncccc1Cl. The summed E-state index contributed by atoms with van der Waals surface area (Å²) in [5, 5.41) is 18.0. The molecule has 4 aromatic heterocycles. The van der Waals surface area contributed by atoms with Gasteiger partial charge in [-0.3, -0.25) is 23.4 Å². The molecule has 4 N–H and O–H groups in total. The summed E-state index contributed by atoms with van der Waals surface area (Å²) < 4.78 is 93.1. The maximum Gasteiger partial charge on any atom is 0.435 e. The summed E-state index contributed by atoms with van der Waals surface area (Å²) in [6, 6.07) is 12.3. The van der Waals surface area contributed by atoms with Gasteiger partial charge in [0.25, 0.3) is 23.6 Å². The third kappa shape index (κ3) is 11.8. The highest BCUT2D eigenvalue weighted by Crippen LogP contribution is 2.34. The minimum absolute atomic E-state index is 0.000916. The van der Waals surface area contributed by atoms with Gasteiger partial charge in [-0.1, -0.05) is 46.4 Å². The highest BCUT2D eigenvalue weighted by Gasteiger charge is 2.38. The molecule has 2 fully saturated rings. The van der Waals surface area contributed by atoms with Gasteiger partial charge in [0.2, 0.25) is 0 Å². The average molecular weight is 1080 g/mol. The molecule has 4 amide bonds. The quantitative estimate of drug-likeness (QED) is 0.0962. The molecule has 0 atom stereocenters. The number of thioether (sulfide) groups is 1. The molecule has 2 aliphatic rings. The number of benzene rings is 2. The molecule has 0 unspecified atom stereocenters. The van der Waals surface area contributed by atoms with Crippen LogP contribution in [0.25, 0.3) is 11.6 Å². The van der Waals surface area contributed by atoms with E-state index < -0.39 is 69.6 Å². The van der Waals surface area contributed by atoms with Crippen molar-refractivity contribution in [1.82, 2.24) is 40.2 Å². The fourth-order valence-electron chi connectivity index (χ4n) is 6.61. The number of aryl methyl sites for hydroxylation is 2. The maximum atomic E-state index is 13.4. The second-order valence-corrected chi connectivity index (χ2v) is 19.4. The lowest BCUT2D eigenvalue weighted by Crippen LogP contribution is -2.50. The predicted octanol–water partition coefficient (Wildman–Crippen LogP) is 9.01. The molecule has 0 bridgehead atoms. The Kier molecular flexibility index (Phi) is 15.3. The minimum atomic E-state index is -4.84. The number of carbonyl (C=O) groups excluding carboxylic acids is 4. The van der Waals surface area contributed by atoms with Crippen molar-refractivity contribution in [2.45, 2.75) is 38.3 Å². The zero-order valence-corrected chi connectivity index (χ0v) is 39.9. The molecule has 0 radical (unpaired) electrons. The molecule has 0 saturated carbocycles. The monoisotopic (exact) mass is 1070 g/mol. The molecule has 27 heteroatoms. The normalized spacial score (nSPS) is 15.8. The van der Waals surface area contributed by atoms with Crippen molar-refractivity contribution in [3.63, 3.8) is 0 Å². The molecule has 8 rings (SSSR count). The Balaban J connectivity index is 0.000000204. The zero-order valence-electron chi connectivity index (χ0n) is 35.2. The first kappa shape index (κ1) is 51.1. The van der Waals surface area contributed by atoms with Crippen molar-refractivity contribution < 1.29 is 49.7 Å². The number of nitrogens with one attached hydrogen (secondary N) is 4. The van der Waals surface area contributed by atoms with Gasteiger partial charge in [-0.2, -0.15) is 48.3 Å². The molecule has 362 valence electrons. The molecule has 6 heterocycles. The Labute approximate surface area is 413 Å². The highest BCUT2D eigenvalue weighted by atomic mass is 35.5. The summed E-state index contributed by atoms with van der Waals surface area (Å²) in [7, 11) is -1.000. The lowest BCUT2D eigenvalue weighted by molar-refractivity contribution is -0.142. The number of aromatic nitrogens is 6. The van der Waals surface area contributed by atoms with Crippen LogP contribution in [0.2, 0.25) is 20.1 Å². The second-order valence-electron chi connectivity index (χ2n) is 15.1. The zero-order chi connectivity index (χ0) is 50.1. The minimum Gasteiger partial charge on any atom is -0.348 e. The first-order valence-corrected chi connectivity index (χ1v) is 24.0. The molecule has 0 aliphatic carbocycles. The van der Waals surface area contributed by atoms with Crippen molar-refractivity contribution in [1.29, 1.82) is 0 Å². The van der Waals surface area contributed by atoms with Crippen LogP contribution >= 0.6 is 58.2 Å². The van der Waals surface area contributed by atoms with E-state index in [1.54, 1.807) is 25.6 Å². The molecule has 2 aliphatic heterocycles. The number of halogens is 10. The average Bonchev–Trinajstić information content (AvgIpc) is 3.91. The fraction of sp³-hybridized carbons (Fsp3) is 0.238. The number of hydrogen-bond acceptors (Lipinski definition) is 10. The molecule has 2 saturated heterocycles. The van der Waals surface area contributed by atoms with E-state index in [9.17, 15) is 49.7 Å². The van der Waals surface area contributed by atoms with Crippen LogP contribution in [-0.2, 0) is 23.2 Å². The fourth-order valence-corrected chi connectivity index (χ4v) is 9.17. The molecular weight excluding hydrogens is 1040 g/mol. The largest absolute Gasteiger partial charge is 0.435 e. The Morgan fingerprint density at radius 2 is 1.04 bits per heavy atom. The van der Waals surface area contributed by atoms with Gasteiger partial charge in [0.05, 0.1) is 38.6 Å². The summed E-state index contributed by atoms with van der Waals surface area (Å²) in [6.45, 7) is 3.19. The van der Waals surface area contributed by atoms with E-state index in [1.807, 2.05) is 0 Å². The number of anilines is 2. The molecule has 15 nitrogen and oxygen atoms in total. The summed E-state index contributed by atoms with van der Waals surface area (Å²) in [6.07, 6.45) is -7.06. The van der Waals surface area contributed by atoms with E-state index in [0.717, 1.165) is 16.2 Å². The van der Waals surface area contributed by atoms with Crippen molar-refractivity contribution in [3.8, 4) is 11.6 Å². The van der Waals surface area contributed by atoms with E-state index in [0.29, 0.717) is 39.4 Å². The van der Waals surface area contributed by atoms with Gasteiger partial charge < -0.3 is 21.3 Å². The molecule has 0 spiro atoms. The lowest BCUT2D eigenvalue weighted by atomic mass is 10.1. The number of pyridine rings is 2. The van der Waals surface area contributed by atoms with E-state index in [-0.39, 0.29) is 66.3 Å². The van der Waals surface area contributed by atoms with Crippen LogP contribution in [-0.4, -0.2) is 92.5 Å². The van der Waals surface area contributed by atoms with E-state index in [1.165, 1.54) is 60.9 Å². The Bertz CT molecular complexity index is 3030. The van der Waals surface area contributed by atoms with Crippen LogP contribution in [0.15, 0.2) is 73.1 Å². The predicted molar refractivity (Wildman–Crippen MR) is 249 cm³/mol. The van der Waals surface area contributed by atoms with E-state index >= 15 is 0 Å². The van der Waals surface area contributed by atoms with Crippen molar-refractivity contribution >= 4 is 104 Å². The van der Waals surface area contributed by atoms with Gasteiger partial charge >= 0.3 is 12.4 Å². The number of amides is 4. The number of hydrogen-bond donors (Lipinski definition) is 4. The van der Waals surface area contributed by atoms with Crippen LogP contribution < -0.4 is 21.3 Å². The standard InChI is InChI=1S/C21H16Cl2F3N5O3S.C21H16Cl2F3N5O2S/c1-10-5-11(22)6-13(19(32)28-12-8-35(34)9-12)17(10)29-20(33)15-7-16(21(24,25)26)30-31(15)18-14(23)3-2-4-27-18;1-10-5-11(22)6-13(19(32)28-12-8-34-9-12)17(10)29-20(33)15-7-16(21(24,25)26)30-31(15)18-14(23)3-2-4-27-18/h2-7,12H,8-9H2,1H3,(H,28,32)(H,29,33);2-7,12H,8-9H2,1H3,(H,28,32)(H,29,33). The first-order valence-electron chi connectivity index (χ1n) is 19.8. The van der Waals surface area contributed by atoms with Crippen LogP contribution in [0.3, 0.4) is 0 Å². The van der Waals surface area contributed by atoms with Crippen molar-refractivity contribution in [2.75, 3.05) is 33.6 Å². The molecule has 6 aromatic rings. The van der Waals surface area contributed by atoms with Gasteiger partial charge in [0.1, 0.15) is 11.4 Å². The summed E-state index contributed by atoms with van der Waals surface area (Å²) in [5.41, 5.74) is -2.50. The number of alkyl halides is 6. The third-order valence-corrected chi connectivity index (χ3v) is 13.8. The van der Waals surface area contributed by atoms with Crippen molar-refractivity contribution in [3.05, 3.63) is 138 Å². The Hall–Kier alpha value is -5.72. The Morgan fingerprint density at radius 3 is 1.39 bits per heavy atom. The highest BCUT2D eigenvalue weighted by molar-refractivity contribution is 8.00. The van der Waals surface area contributed by atoms with Gasteiger partial charge in [0.15, 0.2) is 23.0 Å². The summed E-state index contributed by atoms with van der Waals surface area (Å²) in [5.74, 6) is -1.17. The Morgan fingerprint density at radius 1 is 0.638 bits per heavy atom. The maximum absolute atomic E-state index is 13.4.